The minimum absolute atomic E-state index is 0.159. The van der Waals surface area contributed by atoms with Crippen molar-refractivity contribution in [3.8, 4) is 0 Å². The molecule has 0 spiro atoms. The zero-order valence-electron chi connectivity index (χ0n) is 15.9. The van der Waals surface area contributed by atoms with Gasteiger partial charge in [-0.3, -0.25) is 4.79 Å². The van der Waals surface area contributed by atoms with Gasteiger partial charge in [-0.1, -0.05) is 53.5 Å². The normalized spacial score (nSPS) is 15.8. The van der Waals surface area contributed by atoms with Gasteiger partial charge in [-0.05, 0) is 36.5 Å². The van der Waals surface area contributed by atoms with Gasteiger partial charge in [-0.25, -0.2) is 0 Å². The topological polar surface area (TPSA) is 35.5 Å². The Balaban J connectivity index is 4.65. The summed E-state index contributed by atoms with van der Waals surface area (Å²) in [4.78, 5) is 11.3. The largest absolute Gasteiger partial charge is 0.456 e. The van der Waals surface area contributed by atoms with E-state index in [0.29, 0.717) is 12.5 Å². The maximum Gasteiger partial charge on any atom is 0.303 e. The van der Waals surface area contributed by atoms with Crippen molar-refractivity contribution in [1.29, 1.82) is 0 Å². The molecule has 0 aliphatic rings. The SMILES string of the molecule is CCCC[C@H](C)/C=C/[C@H](CO[Si](C)(C)C(C)(C)C)OC(C)=O. The maximum atomic E-state index is 11.3. The molecule has 0 aliphatic carbocycles. The Morgan fingerprint density at radius 1 is 1.23 bits per heavy atom. The molecule has 0 heterocycles. The van der Waals surface area contributed by atoms with Crippen LogP contribution < -0.4 is 0 Å². The molecular formula is C18H36O3Si. The predicted octanol–water partition coefficient (Wildman–Crippen LogP) is 5.32. The van der Waals surface area contributed by atoms with E-state index in [4.69, 9.17) is 9.16 Å². The van der Waals surface area contributed by atoms with E-state index in [2.05, 4.69) is 53.8 Å². The highest BCUT2D eigenvalue weighted by Crippen LogP contribution is 2.36. The average molecular weight is 329 g/mol. The van der Waals surface area contributed by atoms with Crippen LogP contribution in [-0.4, -0.2) is 27.0 Å². The molecule has 0 N–H and O–H groups in total. The summed E-state index contributed by atoms with van der Waals surface area (Å²) in [5.41, 5.74) is 0. The number of ether oxygens (including phenoxy) is 1. The zero-order valence-corrected chi connectivity index (χ0v) is 16.9. The van der Waals surface area contributed by atoms with Crippen molar-refractivity contribution in [2.24, 2.45) is 5.92 Å². The Hall–Kier alpha value is -0.613. The van der Waals surface area contributed by atoms with Crippen LogP contribution in [0.4, 0.5) is 0 Å². The van der Waals surface area contributed by atoms with E-state index in [1.54, 1.807) is 0 Å². The van der Waals surface area contributed by atoms with Gasteiger partial charge in [0, 0.05) is 6.92 Å². The first kappa shape index (κ1) is 21.4. The Morgan fingerprint density at radius 2 is 1.82 bits per heavy atom. The molecule has 0 aliphatic heterocycles. The molecule has 0 aromatic rings. The molecule has 2 atom stereocenters. The third kappa shape index (κ3) is 8.74. The van der Waals surface area contributed by atoms with Crippen LogP contribution in [0.25, 0.3) is 0 Å². The Bertz CT molecular complexity index is 356. The van der Waals surface area contributed by atoms with Crippen molar-refractivity contribution in [3.05, 3.63) is 12.2 Å². The standard InChI is InChI=1S/C18H36O3Si/c1-9-10-11-15(2)12-13-17(21-16(3)19)14-20-22(7,8)18(4,5)6/h12-13,15,17H,9-11,14H2,1-8H3/b13-12+/t15-,17+/m0/s1. The molecule has 22 heavy (non-hydrogen) atoms. The van der Waals surface area contributed by atoms with Gasteiger partial charge in [0.05, 0.1) is 6.61 Å². The minimum atomic E-state index is -1.82. The number of carbonyl (C=O) groups is 1. The second kappa shape index (κ2) is 9.51. The van der Waals surface area contributed by atoms with Gasteiger partial charge in [0.1, 0.15) is 6.10 Å². The van der Waals surface area contributed by atoms with Crippen LogP contribution in [0.1, 0.15) is 60.8 Å². The molecule has 0 saturated heterocycles. The Labute approximate surface area is 138 Å². The first-order valence-electron chi connectivity index (χ1n) is 8.49. The monoisotopic (exact) mass is 328 g/mol. The third-order valence-electron chi connectivity index (χ3n) is 4.40. The van der Waals surface area contributed by atoms with Crippen molar-refractivity contribution >= 4 is 14.3 Å². The lowest BCUT2D eigenvalue weighted by Crippen LogP contribution is -2.42. The van der Waals surface area contributed by atoms with E-state index in [1.165, 1.54) is 26.2 Å². The number of hydrogen-bond acceptors (Lipinski definition) is 3. The molecule has 0 amide bonds. The molecule has 0 unspecified atom stereocenters. The van der Waals surface area contributed by atoms with Gasteiger partial charge in [-0.2, -0.15) is 0 Å². The number of esters is 1. The van der Waals surface area contributed by atoms with Crippen LogP contribution >= 0.6 is 0 Å². The Kier molecular flexibility index (Phi) is 9.24. The van der Waals surface area contributed by atoms with E-state index in [0.717, 1.165) is 0 Å². The zero-order chi connectivity index (χ0) is 17.4. The first-order valence-corrected chi connectivity index (χ1v) is 11.4. The smallest absolute Gasteiger partial charge is 0.303 e. The van der Waals surface area contributed by atoms with Gasteiger partial charge in [0.15, 0.2) is 8.32 Å². The second-order valence-corrected chi connectivity index (χ2v) is 12.5. The highest BCUT2D eigenvalue weighted by atomic mass is 28.4. The fourth-order valence-electron chi connectivity index (χ4n) is 1.78. The van der Waals surface area contributed by atoms with Crippen molar-refractivity contribution in [1.82, 2.24) is 0 Å². The lowest BCUT2D eigenvalue weighted by atomic mass is 10.0. The predicted molar refractivity (Wildman–Crippen MR) is 96.5 cm³/mol. The molecule has 0 fully saturated rings. The number of hydrogen-bond donors (Lipinski definition) is 0. The first-order chi connectivity index (χ1) is 9.99. The van der Waals surface area contributed by atoms with Gasteiger partial charge in [0.25, 0.3) is 0 Å². The van der Waals surface area contributed by atoms with Gasteiger partial charge < -0.3 is 9.16 Å². The van der Waals surface area contributed by atoms with Crippen molar-refractivity contribution < 1.29 is 14.0 Å². The van der Waals surface area contributed by atoms with Crippen LogP contribution in [0, 0.1) is 5.92 Å². The molecule has 0 saturated carbocycles. The lowest BCUT2D eigenvalue weighted by molar-refractivity contribution is -0.145. The fraction of sp³-hybridized carbons (Fsp3) is 0.833. The number of carbonyl (C=O) groups excluding carboxylic acids is 1. The summed E-state index contributed by atoms with van der Waals surface area (Å²) in [6.45, 7) is 17.4. The number of allylic oxidation sites excluding steroid dienone is 1. The summed E-state index contributed by atoms with van der Waals surface area (Å²) in [6, 6.07) is 0. The van der Waals surface area contributed by atoms with E-state index in [1.807, 2.05) is 6.08 Å². The highest BCUT2D eigenvalue weighted by Gasteiger charge is 2.37. The van der Waals surface area contributed by atoms with Crippen molar-refractivity contribution in [2.45, 2.75) is 85.0 Å². The van der Waals surface area contributed by atoms with Crippen LogP contribution in [-0.2, 0) is 14.0 Å². The average Bonchev–Trinajstić information content (AvgIpc) is 2.37. The van der Waals surface area contributed by atoms with Gasteiger partial charge in [0.2, 0.25) is 0 Å². The molecule has 4 heteroatoms. The molecule has 0 bridgehead atoms. The van der Waals surface area contributed by atoms with Crippen LogP contribution in [0.15, 0.2) is 12.2 Å². The second-order valence-electron chi connectivity index (χ2n) is 7.72. The minimum Gasteiger partial charge on any atom is -0.456 e. The van der Waals surface area contributed by atoms with Gasteiger partial charge >= 0.3 is 5.97 Å². The van der Waals surface area contributed by atoms with E-state index < -0.39 is 8.32 Å². The number of unbranched alkanes of at least 4 members (excludes halogenated alkanes) is 1. The molecule has 0 aromatic carbocycles. The summed E-state index contributed by atoms with van der Waals surface area (Å²) in [5, 5.41) is 0.159. The molecule has 130 valence electrons. The summed E-state index contributed by atoms with van der Waals surface area (Å²) >= 11 is 0. The van der Waals surface area contributed by atoms with E-state index >= 15 is 0 Å². The fourth-order valence-corrected chi connectivity index (χ4v) is 2.80. The highest BCUT2D eigenvalue weighted by molar-refractivity contribution is 6.74. The van der Waals surface area contributed by atoms with Crippen LogP contribution in [0.3, 0.4) is 0 Å². The van der Waals surface area contributed by atoms with Crippen LogP contribution in [0.2, 0.25) is 18.1 Å². The summed E-state index contributed by atoms with van der Waals surface area (Å²) in [6.07, 6.45) is 7.47. The summed E-state index contributed by atoms with van der Waals surface area (Å²) < 4.78 is 11.6. The lowest BCUT2D eigenvalue weighted by Gasteiger charge is -2.36. The summed E-state index contributed by atoms with van der Waals surface area (Å²) in [5.74, 6) is 0.251. The van der Waals surface area contributed by atoms with E-state index in [9.17, 15) is 4.79 Å². The van der Waals surface area contributed by atoms with Crippen molar-refractivity contribution in [3.63, 3.8) is 0 Å². The summed E-state index contributed by atoms with van der Waals surface area (Å²) in [7, 11) is -1.82. The molecule has 0 radical (unpaired) electrons. The van der Waals surface area contributed by atoms with Crippen molar-refractivity contribution in [2.75, 3.05) is 6.61 Å². The van der Waals surface area contributed by atoms with E-state index in [-0.39, 0.29) is 17.1 Å². The maximum absolute atomic E-state index is 11.3. The molecule has 3 nitrogen and oxygen atoms in total. The third-order valence-corrected chi connectivity index (χ3v) is 8.90. The van der Waals surface area contributed by atoms with Crippen LogP contribution in [0.5, 0.6) is 0 Å². The number of rotatable bonds is 9. The quantitative estimate of drug-likeness (QED) is 0.326. The molecular weight excluding hydrogens is 292 g/mol. The van der Waals surface area contributed by atoms with Gasteiger partial charge in [-0.15, -0.1) is 0 Å². The molecule has 0 aromatic heterocycles. The Morgan fingerprint density at radius 3 is 2.27 bits per heavy atom. The molecule has 0 rings (SSSR count).